The first kappa shape index (κ1) is 25.6. The molecule has 0 unspecified atom stereocenters. The van der Waals surface area contributed by atoms with E-state index in [2.05, 4.69) is 50.8 Å². The maximum Gasteiger partial charge on any atom is 0.407 e. The van der Waals surface area contributed by atoms with Crippen LogP contribution in [0.4, 0.5) is 10.5 Å². The maximum absolute atomic E-state index is 13.2. The molecule has 0 spiro atoms. The second kappa shape index (κ2) is 13.8. The smallest absolute Gasteiger partial charge is 0.407 e. The summed E-state index contributed by atoms with van der Waals surface area (Å²) in [6.07, 6.45) is 4.31. The van der Waals surface area contributed by atoms with E-state index in [1.165, 1.54) is 0 Å². The minimum absolute atomic E-state index is 0. The fourth-order valence-corrected chi connectivity index (χ4v) is 3.40. The van der Waals surface area contributed by atoms with E-state index in [1.807, 2.05) is 53.4 Å². The molecule has 0 aliphatic carbocycles. The number of hydrogen-bond acceptors (Lipinski definition) is 3. The number of aromatic nitrogens is 1. The molecule has 0 saturated carbocycles. The fraction of sp³-hybridized carbons (Fsp3) is 0.350. The Morgan fingerprint density at radius 3 is 2.62 bits per heavy atom. The normalized spacial score (nSPS) is 10.0. The van der Waals surface area contributed by atoms with Gasteiger partial charge in [0.15, 0.2) is 12.4 Å². The van der Waals surface area contributed by atoms with Gasteiger partial charge in [0.05, 0.1) is 4.47 Å². The summed E-state index contributed by atoms with van der Waals surface area (Å²) < 4.78 is 8.60. The van der Waals surface area contributed by atoms with Crippen LogP contribution in [0, 0.1) is 0 Å². The number of carbonyl (C=O) groups excluding carboxylic acids is 2. The highest BCUT2D eigenvalue weighted by Gasteiger charge is 2.21. The van der Waals surface area contributed by atoms with Crippen molar-refractivity contribution in [3.05, 3.63) is 58.8 Å². The number of pyridine rings is 1. The molecular formula is C20H24BrClIN3O3. The zero-order chi connectivity index (χ0) is 20.4. The van der Waals surface area contributed by atoms with Crippen molar-refractivity contribution in [1.29, 1.82) is 0 Å². The van der Waals surface area contributed by atoms with Gasteiger partial charge < -0.3 is 27.4 Å². The van der Waals surface area contributed by atoms with E-state index in [-0.39, 0.29) is 18.3 Å². The second-order valence-corrected chi connectivity index (χ2v) is 8.02. The van der Waals surface area contributed by atoms with Crippen LogP contribution in [0.2, 0.25) is 0 Å². The van der Waals surface area contributed by atoms with Crippen molar-refractivity contribution < 1.29 is 31.3 Å². The summed E-state index contributed by atoms with van der Waals surface area (Å²) in [6.45, 7) is 3.92. The second-order valence-electron chi connectivity index (χ2n) is 6.02. The third-order valence-corrected chi connectivity index (χ3v) is 4.72. The summed E-state index contributed by atoms with van der Waals surface area (Å²) in [4.78, 5) is 26.6. The zero-order valence-corrected chi connectivity index (χ0v) is 20.6. The van der Waals surface area contributed by atoms with Gasteiger partial charge >= 0.3 is 6.09 Å². The van der Waals surface area contributed by atoms with E-state index < -0.39 is 6.09 Å². The number of anilines is 1. The molecule has 0 saturated heterocycles. The lowest BCUT2D eigenvalue weighted by atomic mass is 10.2. The molecule has 0 fully saturated rings. The first-order valence-electron chi connectivity index (χ1n) is 9.08. The highest BCUT2D eigenvalue weighted by atomic mass is 127. The minimum Gasteiger partial charge on any atom is -1.00 e. The molecule has 2 rings (SSSR count). The van der Waals surface area contributed by atoms with Crippen molar-refractivity contribution in [2.24, 2.45) is 0 Å². The maximum atomic E-state index is 13.2. The zero-order valence-electron chi connectivity index (χ0n) is 16.1. The lowest BCUT2D eigenvalue weighted by Gasteiger charge is -2.23. The molecule has 0 aliphatic rings. The Bertz CT molecular complexity index is 796. The molecule has 2 aromatic rings. The first-order chi connectivity index (χ1) is 13.5. The topological polar surface area (TPSA) is 62.5 Å². The fourth-order valence-electron chi connectivity index (χ4n) is 2.67. The molecule has 1 aromatic carbocycles. The van der Waals surface area contributed by atoms with Gasteiger partial charge in [-0.05, 0) is 34.1 Å². The van der Waals surface area contributed by atoms with Crippen LogP contribution in [0.25, 0.3) is 0 Å². The molecule has 1 heterocycles. The molecule has 9 heteroatoms. The standard InChI is InChI=1S/C20H23BrIN3O3.ClH/c1-2-10-24-14-16(13-17(21)15-24)19(26)25(18-6-4-3-5-7-18)11-9-23-20(27)28-12-8-22;/h3-7,13-15H,2,8-12H2,1H3;1H. The average Bonchev–Trinajstić information content (AvgIpc) is 2.69. The first-order valence-corrected chi connectivity index (χ1v) is 11.4. The number of aryl methyl sites for hydroxylation is 1. The molecule has 0 bridgehead atoms. The number of nitrogens with zero attached hydrogens (tertiary/aromatic N) is 2. The third kappa shape index (κ3) is 8.47. The lowest BCUT2D eigenvalue weighted by molar-refractivity contribution is -0.697. The molecule has 2 amide bonds. The molecule has 0 atom stereocenters. The number of rotatable bonds is 9. The van der Waals surface area contributed by atoms with Crippen LogP contribution < -0.4 is 27.2 Å². The number of ether oxygens (including phenoxy) is 1. The molecule has 0 aliphatic heterocycles. The Hall–Kier alpha value is -1.39. The number of alkyl carbamates (subject to hydrolysis) is 1. The molecule has 6 nitrogen and oxygen atoms in total. The molecular weight excluding hydrogens is 572 g/mol. The van der Waals surface area contributed by atoms with Crippen molar-refractivity contribution in [3.8, 4) is 0 Å². The Kier molecular flexibility index (Phi) is 12.2. The summed E-state index contributed by atoms with van der Waals surface area (Å²) in [6, 6.07) is 11.2. The van der Waals surface area contributed by atoms with Crippen LogP contribution in [-0.2, 0) is 11.3 Å². The highest BCUT2D eigenvalue weighted by molar-refractivity contribution is 14.1. The van der Waals surface area contributed by atoms with Crippen LogP contribution in [-0.4, -0.2) is 36.1 Å². The van der Waals surface area contributed by atoms with Gasteiger partial charge in [0.25, 0.3) is 5.91 Å². The average molecular weight is 597 g/mol. The number of nitrogens with one attached hydrogen (secondary N) is 1. The SMILES string of the molecule is CCC[n+]1cc(Br)cc(C(=O)N(CCNC(=O)OCCI)c2ccccc2)c1.[Cl-]. The van der Waals surface area contributed by atoms with Gasteiger partial charge in [-0.3, -0.25) is 4.79 Å². The van der Waals surface area contributed by atoms with E-state index in [0.29, 0.717) is 25.3 Å². The van der Waals surface area contributed by atoms with Gasteiger partial charge in [0.2, 0.25) is 0 Å². The van der Waals surface area contributed by atoms with Crippen molar-refractivity contribution in [2.75, 3.05) is 29.0 Å². The van der Waals surface area contributed by atoms with E-state index >= 15 is 0 Å². The summed E-state index contributed by atoms with van der Waals surface area (Å²) >= 11 is 5.63. The number of amides is 2. The van der Waals surface area contributed by atoms with E-state index in [9.17, 15) is 9.59 Å². The van der Waals surface area contributed by atoms with Gasteiger partial charge in [0.1, 0.15) is 18.7 Å². The monoisotopic (exact) mass is 595 g/mol. The predicted octanol–water partition coefficient (Wildman–Crippen LogP) is 0.959. The lowest BCUT2D eigenvalue weighted by Crippen LogP contribution is -3.00. The van der Waals surface area contributed by atoms with Crippen LogP contribution in [0.3, 0.4) is 0 Å². The molecule has 1 aromatic heterocycles. The van der Waals surface area contributed by atoms with E-state index in [4.69, 9.17) is 4.74 Å². The quantitative estimate of drug-likeness (QED) is 0.267. The summed E-state index contributed by atoms with van der Waals surface area (Å²) in [7, 11) is 0. The molecule has 1 N–H and O–H groups in total. The van der Waals surface area contributed by atoms with E-state index in [0.717, 1.165) is 27.6 Å². The van der Waals surface area contributed by atoms with Crippen LogP contribution >= 0.6 is 38.5 Å². The summed E-state index contributed by atoms with van der Waals surface area (Å²) in [5, 5.41) is 2.69. The molecule has 158 valence electrons. The minimum atomic E-state index is -0.472. The van der Waals surface area contributed by atoms with Gasteiger partial charge in [-0.1, -0.05) is 47.7 Å². The Labute approximate surface area is 199 Å². The van der Waals surface area contributed by atoms with Crippen molar-refractivity contribution in [3.63, 3.8) is 0 Å². The highest BCUT2D eigenvalue weighted by Crippen LogP contribution is 2.18. The van der Waals surface area contributed by atoms with Crippen molar-refractivity contribution in [2.45, 2.75) is 19.9 Å². The van der Waals surface area contributed by atoms with E-state index in [1.54, 1.807) is 4.90 Å². The largest absolute Gasteiger partial charge is 1.00 e. The Morgan fingerprint density at radius 1 is 1.24 bits per heavy atom. The number of para-hydroxylation sites is 1. The van der Waals surface area contributed by atoms with Gasteiger partial charge in [0, 0.05) is 29.6 Å². The third-order valence-electron chi connectivity index (χ3n) is 3.84. The molecule has 0 radical (unpaired) electrons. The Balaban J connectivity index is 0.00000420. The van der Waals surface area contributed by atoms with Crippen molar-refractivity contribution >= 4 is 56.2 Å². The van der Waals surface area contributed by atoms with Crippen LogP contribution in [0.1, 0.15) is 23.7 Å². The predicted molar refractivity (Wildman–Crippen MR) is 121 cm³/mol. The molecule has 29 heavy (non-hydrogen) atoms. The van der Waals surface area contributed by atoms with Gasteiger partial charge in [-0.2, -0.15) is 0 Å². The van der Waals surface area contributed by atoms with Gasteiger partial charge in [-0.25, -0.2) is 9.36 Å². The van der Waals surface area contributed by atoms with Gasteiger partial charge in [-0.15, -0.1) is 0 Å². The van der Waals surface area contributed by atoms with Crippen LogP contribution in [0.15, 0.2) is 53.3 Å². The number of halogens is 3. The number of carbonyl (C=O) groups is 2. The van der Waals surface area contributed by atoms with Crippen LogP contribution in [0.5, 0.6) is 0 Å². The summed E-state index contributed by atoms with van der Waals surface area (Å²) in [5.74, 6) is -0.125. The summed E-state index contributed by atoms with van der Waals surface area (Å²) in [5.41, 5.74) is 1.36. The number of hydrogen-bond donors (Lipinski definition) is 1. The number of alkyl halides is 1. The van der Waals surface area contributed by atoms with Crippen molar-refractivity contribution in [1.82, 2.24) is 5.32 Å². The Morgan fingerprint density at radius 2 is 1.97 bits per heavy atom. The number of benzene rings is 1.